The number of carbonyl (C=O) groups is 1. The first kappa shape index (κ1) is 16.1. The van der Waals surface area contributed by atoms with Crippen LogP contribution in [0.5, 0.6) is 11.5 Å². The second kappa shape index (κ2) is 5.83. The lowest BCUT2D eigenvalue weighted by molar-refractivity contribution is -0.114. The summed E-state index contributed by atoms with van der Waals surface area (Å²) in [6.45, 7) is 4.56. The van der Waals surface area contributed by atoms with Crippen molar-refractivity contribution in [2.45, 2.75) is 32.8 Å². The molecule has 1 fully saturated rings. The number of methoxy groups -OCH3 is 1. The van der Waals surface area contributed by atoms with Crippen LogP contribution in [0.15, 0.2) is 41.9 Å². The number of hydrogen-bond acceptors (Lipinski definition) is 5. The van der Waals surface area contributed by atoms with E-state index in [0.717, 1.165) is 35.7 Å². The minimum atomic E-state index is -0.310. The minimum Gasteiger partial charge on any atom is -0.493 e. The Morgan fingerprint density at radius 3 is 2.84 bits per heavy atom. The molecule has 0 aromatic heterocycles. The van der Waals surface area contributed by atoms with E-state index in [1.807, 2.05) is 24.3 Å². The summed E-state index contributed by atoms with van der Waals surface area (Å²) in [5.41, 5.74) is 0.719. The average Bonchev–Trinajstić information content (AvgIpc) is 3.18. The van der Waals surface area contributed by atoms with Crippen molar-refractivity contribution in [3.8, 4) is 11.5 Å². The molecule has 0 saturated carbocycles. The Morgan fingerprint density at radius 2 is 2.08 bits per heavy atom. The molecule has 132 valence electrons. The fourth-order valence-electron chi connectivity index (χ4n) is 4.15. The van der Waals surface area contributed by atoms with Gasteiger partial charge in [0, 0.05) is 12.0 Å². The molecule has 0 unspecified atom stereocenters. The maximum Gasteiger partial charge on any atom is 0.231 e. The topological polar surface area (TPSA) is 54.0 Å². The van der Waals surface area contributed by atoms with Crippen LogP contribution in [0.2, 0.25) is 0 Å². The van der Waals surface area contributed by atoms with Crippen LogP contribution in [-0.4, -0.2) is 19.7 Å². The largest absolute Gasteiger partial charge is 0.493 e. The highest BCUT2D eigenvalue weighted by molar-refractivity contribution is 6.04. The fraction of sp³-hybridized carbons (Fsp3) is 0.450. The van der Waals surface area contributed by atoms with Crippen LogP contribution in [0, 0.1) is 11.3 Å². The lowest BCUT2D eigenvalue weighted by Crippen LogP contribution is -2.29. The van der Waals surface area contributed by atoms with Crippen LogP contribution in [-0.2, 0) is 14.3 Å². The molecule has 3 aliphatic rings. The van der Waals surface area contributed by atoms with E-state index in [2.05, 4.69) is 13.8 Å². The third-order valence-corrected chi connectivity index (χ3v) is 5.48. The summed E-state index contributed by atoms with van der Waals surface area (Å²) in [6.07, 6.45) is 5.30. The van der Waals surface area contributed by atoms with E-state index in [1.165, 1.54) is 7.11 Å². The molecule has 5 heteroatoms. The fourth-order valence-corrected chi connectivity index (χ4v) is 4.15. The summed E-state index contributed by atoms with van der Waals surface area (Å²) in [7, 11) is 1.54. The molecule has 25 heavy (non-hydrogen) atoms. The van der Waals surface area contributed by atoms with Gasteiger partial charge in [0.25, 0.3) is 0 Å². The van der Waals surface area contributed by atoms with Gasteiger partial charge in [0.2, 0.25) is 12.6 Å². The zero-order valence-corrected chi connectivity index (χ0v) is 14.7. The monoisotopic (exact) mass is 342 g/mol. The Hall–Kier alpha value is -2.43. The maximum atomic E-state index is 12.2. The first-order valence-electron chi connectivity index (χ1n) is 8.68. The number of allylic oxidation sites excluding steroid dienone is 2. The zero-order valence-electron chi connectivity index (χ0n) is 14.7. The average molecular weight is 342 g/mol. The summed E-state index contributed by atoms with van der Waals surface area (Å²) in [6, 6.07) is 5.90. The second-order valence-corrected chi connectivity index (χ2v) is 6.82. The highest BCUT2D eigenvalue weighted by Gasteiger charge is 2.53. The number of hydrogen-bond donors (Lipinski definition) is 0. The molecule has 4 rings (SSSR count). The lowest BCUT2D eigenvalue weighted by Gasteiger charge is -2.32. The second-order valence-electron chi connectivity index (χ2n) is 6.82. The first-order chi connectivity index (χ1) is 12.1. The Labute approximate surface area is 147 Å². The molecule has 0 radical (unpaired) electrons. The van der Waals surface area contributed by atoms with E-state index >= 15 is 0 Å². The number of benzene rings is 1. The van der Waals surface area contributed by atoms with Crippen LogP contribution >= 0.6 is 0 Å². The van der Waals surface area contributed by atoms with E-state index in [9.17, 15) is 4.79 Å². The van der Waals surface area contributed by atoms with Gasteiger partial charge >= 0.3 is 0 Å². The van der Waals surface area contributed by atoms with Gasteiger partial charge in [-0.15, -0.1) is 0 Å². The molecule has 0 N–H and O–H groups in total. The van der Waals surface area contributed by atoms with Gasteiger partial charge in [0.05, 0.1) is 12.5 Å². The third-order valence-electron chi connectivity index (χ3n) is 5.48. The predicted molar refractivity (Wildman–Crippen MR) is 91.1 cm³/mol. The van der Waals surface area contributed by atoms with E-state index in [0.29, 0.717) is 5.76 Å². The molecule has 0 spiro atoms. The van der Waals surface area contributed by atoms with E-state index in [4.69, 9.17) is 18.9 Å². The minimum absolute atomic E-state index is 0.136. The quantitative estimate of drug-likeness (QED) is 0.830. The summed E-state index contributed by atoms with van der Waals surface area (Å²) in [5.74, 6) is 2.67. The summed E-state index contributed by atoms with van der Waals surface area (Å²) in [4.78, 5) is 12.2. The van der Waals surface area contributed by atoms with E-state index in [-0.39, 0.29) is 30.0 Å². The Morgan fingerprint density at radius 1 is 1.28 bits per heavy atom. The van der Waals surface area contributed by atoms with Crippen LogP contribution in [0.1, 0.15) is 38.4 Å². The Balaban J connectivity index is 1.75. The molecule has 0 amide bonds. The van der Waals surface area contributed by atoms with Gasteiger partial charge in [-0.3, -0.25) is 4.79 Å². The van der Waals surface area contributed by atoms with Gasteiger partial charge in [0.1, 0.15) is 11.9 Å². The third kappa shape index (κ3) is 2.33. The van der Waals surface area contributed by atoms with E-state index < -0.39 is 0 Å². The molecule has 3 atom stereocenters. The molecule has 1 aliphatic carbocycles. The van der Waals surface area contributed by atoms with Crippen molar-refractivity contribution in [1.29, 1.82) is 0 Å². The first-order valence-corrected chi connectivity index (χ1v) is 8.68. The van der Waals surface area contributed by atoms with Gasteiger partial charge in [-0.1, -0.05) is 26.3 Å². The molecule has 1 saturated heterocycles. The molecule has 2 heterocycles. The van der Waals surface area contributed by atoms with Crippen molar-refractivity contribution in [3.63, 3.8) is 0 Å². The summed E-state index contributed by atoms with van der Waals surface area (Å²) in [5, 5.41) is 0. The molecule has 1 aromatic carbocycles. The molecule has 5 nitrogen and oxygen atoms in total. The van der Waals surface area contributed by atoms with Crippen molar-refractivity contribution in [2.75, 3.05) is 13.9 Å². The smallest absolute Gasteiger partial charge is 0.231 e. The molecule has 0 bridgehead atoms. The van der Waals surface area contributed by atoms with Gasteiger partial charge in [-0.05, 0) is 30.2 Å². The zero-order chi connectivity index (χ0) is 17.6. The van der Waals surface area contributed by atoms with Crippen LogP contribution in [0.3, 0.4) is 0 Å². The molecular weight excluding hydrogens is 320 g/mol. The van der Waals surface area contributed by atoms with Crippen molar-refractivity contribution in [2.24, 2.45) is 11.3 Å². The number of ether oxygens (including phenoxy) is 4. The Bertz CT molecular complexity index is 778. The lowest BCUT2D eigenvalue weighted by atomic mass is 9.68. The molecular formula is C20H22O5. The van der Waals surface area contributed by atoms with E-state index in [1.54, 1.807) is 6.08 Å². The van der Waals surface area contributed by atoms with Crippen LogP contribution in [0.25, 0.3) is 0 Å². The van der Waals surface area contributed by atoms with Crippen molar-refractivity contribution < 1.29 is 23.7 Å². The van der Waals surface area contributed by atoms with Crippen LogP contribution < -0.4 is 9.47 Å². The number of ketones is 1. The molecule has 1 aromatic rings. The van der Waals surface area contributed by atoms with Gasteiger partial charge in [0.15, 0.2) is 17.3 Å². The van der Waals surface area contributed by atoms with Gasteiger partial charge in [-0.2, -0.15) is 0 Å². The highest BCUT2D eigenvalue weighted by Crippen LogP contribution is 2.58. The Kier molecular flexibility index (Phi) is 3.74. The standard InChI is InChI=1S/C20H22O5/c1-4-7-20-10-17(22-3)14(21)9-18(20)25-19(12(20)2)13-5-6-15-16(8-13)24-11-23-15/h5-6,8-10,12,19H,4,7,11H2,1-3H3/t12-,19-,20-/m0/s1. The maximum absolute atomic E-state index is 12.2. The summed E-state index contributed by atoms with van der Waals surface area (Å²) < 4.78 is 22.5. The van der Waals surface area contributed by atoms with Crippen LogP contribution in [0.4, 0.5) is 0 Å². The normalized spacial score (nSPS) is 29.6. The highest BCUT2D eigenvalue weighted by atomic mass is 16.7. The SMILES string of the molecule is CCC[C@@]12C=C(OC)C(=O)C=C1O[C@H](c1ccc3c(c1)OCO3)[C@@H]2C. The van der Waals surface area contributed by atoms with Crippen molar-refractivity contribution >= 4 is 5.78 Å². The number of rotatable bonds is 4. The van der Waals surface area contributed by atoms with Crippen molar-refractivity contribution in [1.82, 2.24) is 0 Å². The predicted octanol–water partition coefficient (Wildman–Crippen LogP) is 3.91. The summed E-state index contributed by atoms with van der Waals surface area (Å²) >= 11 is 0. The van der Waals surface area contributed by atoms with Crippen molar-refractivity contribution in [3.05, 3.63) is 47.4 Å². The molecule has 2 aliphatic heterocycles. The van der Waals surface area contributed by atoms with Gasteiger partial charge < -0.3 is 18.9 Å². The number of fused-ring (bicyclic) bond motifs is 2. The van der Waals surface area contributed by atoms with Gasteiger partial charge in [-0.25, -0.2) is 0 Å². The number of carbonyl (C=O) groups excluding carboxylic acids is 1.